The number of sulfonamides is 1. The lowest BCUT2D eigenvalue weighted by atomic mass is 10.1. The topological polar surface area (TPSA) is 79.0 Å². The first kappa shape index (κ1) is 24.0. The van der Waals surface area contributed by atoms with Gasteiger partial charge in [0, 0.05) is 31.0 Å². The Morgan fingerprint density at radius 1 is 1.12 bits per heavy atom. The lowest BCUT2D eigenvalue weighted by Crippen LogP contribution is -2.38. The van der Waals surface area contributed by atoms with Crippen LogP contribution in [0.2, 0.25) is 0 Å². The smallest absolute Gasteiger partial charge is 0.244 e. The highest BCUT2D eigenvalue weighted by Crippen LogP contribution is 2.25. The summed E-state index contributed by atoms with van der Waals surface area (Å²) >= 11 is 0. The van der Waals surface area contributed by atoms with Crippen molar-refractivity contribution in [2.75, 3.05) is 49.6 Å². The van der Waals surface area contributed by atoms with Crippen molar-refractivity contribution in [1.82, 2.24) is 4.31 Å². The van der Waals surface area contributed by atoms with E-state index in [1.807, 2.05) is 43.3 Å². The molecule has 32 heavy (non-hydrogen) atoms. The molecule has 3 rings (SSSR count). The van der Waals surface area contributed by atoms with Crippen molar-refractivity contribution in [2.45, 2.75) is 25.7 Å². The number of amides is 1. The molecular formula is C24H31N3O4S. The van der Waals surface area contributed by atoms with Crippen molar-refractivity contribution < 1.29 is 17.9 Å². The van der Waals surface area contributed by atoms with E-state index in [0.717, 1.165) is 28.6 Å². The molecule has 0 spiro atoms. The number of carbonyl (C=O) groups excluding carboxylic acids is 1. The summed E-state index contributed by atoms with van der Waals surface area (Å²) < 4.78 is 33.3. The number of ether oxygens (including phenoxy) is 1. The third-order valence-corrected chi connectivity index (χ3v) is 7.50. The number of anilines is 2. The van der Waals surface area contributed by atoms with Gasteiger partial charge >= 0.3 is 0 Å². The van der Waals surface area contributed by atoms with Gasteiger partial charge in [-0.2, -0.15) is 4.31 Å². The SMILES string of the molecule is C=CCN(CC(=O)Nc1ccc(N2CCOCC2)cc1)S(=O)(=O)c1c(C)cc(C)cc1C. The maximum Gasteiger partial charge on any atom is 0.244 e. The number of morpholine rings is 1. The number of hydrogen-bond acceptors (Lipinski definition) is 5. The molecule has 0 aliphatic carbocycles. The second kappa shape index (κ2) is 10.3. The van der Waals surface area contributed by atoms with E-state index in [4.69, 9.17) is 4.74 Å². The summed E-state index contributed by atoms with van der Waals surface area (Å²) in [4.78, 5) is 15.2. The Kier molecular flexibility index (Phi) is 7.71. The molecule has 0 radical (unpaired) electrons. The van der Waals surface area contributed by atoms with E-state index in [1.165, 1.54) is 6.08 Å². The fourth-order valence-corrected chi connectivity index (χ4v) is 5.81. The van der Waals surface area contributed by atoms with Gasteiger partial charge in [0.1, 0.15) is 0 Å². The molecule has 1 amide bonds. The normalized spacial score (nSPS) is 14.4. The molecule has 0 unspecified atom stereocenters. The zero-order valence-electron chi connectivity index (χ0n) is 18.9. The van der Waals surface area contributed by atoms with Gasteiger partial charge in [-0.1, -0.05) is 23.8 Å². The van der Waals surface area contributed by atoms with E-state index in [2.05, 4.69) is 16.8 Å². The maximum atomic E-state index is 13.4. The molecule has 8 heteroatoms. The highest BCUT2D eigenvalue weighted by molar-refractivity contribution is 7.89. The van der Waals surface area contributed by atoms with Crippen LogP contribution < -0.4 is 10.2 Å². The lowest BCUT2D eigenvalue weighted by molar-refractivity contribution is -0.116. The van der Waals surface area contributed by atoms with E-state index in [-0.39, 0.29) is 18.0 Å². The number of benzene rings is 2. The molecule has 0 aromatic heterocycles. The van der Waals surface area contributed by atoms with Crippen LogP contribution in [0, 0.1) is 20.8 Å². The summed E-state index contributed by atoms with van der Waals surface area (Å²) in [6.07, 6.45) is 1.49. The third kappa shape index (κ3) is 5.56. The predicted octanol–water partition coefficient (Wildman–Crippen LogP) is 3.26. The van der Waals surface area contributed by atoms with Crippen molar-refractivity contribution in [3.63, 3.8) is 0 Å². The first-order chi connectivity index (χ1) is 15.2. The number of aryl methyl sites for hydroxylation is 3. The van der Waals surface area contributed by atoms with E-state index >= 15 is 0 Å². The van der Waals surface area contributed by atoms with Crippen molar-refractivity contribution in [1.29, 1.82) is 0 Å². The Hall–Kier alpha value is -2.68. The number of carbonyl (C=O) groups is 1. The fraction of sp³-hybridized carbons (Fsp3) is 0.375. The molecule has 0 saturated carbocycles. The Balaban J connectivity index is 1.73. The minimum absolute atomic E-state index is 0.0402. The highest BCUT2D eigenvalue weighted by Gasteiger charge is 2.29. The number of rotatable bonds is 8. The molecule has 1 aliphatic rings. The minimum Gasteiger partial charge on any atom is -0.378 e. The van der Waals surface area contributed by atoms with Gasteiger partial charge in [0.25, 0.3) is 0 Å². The molecule has 0 atom stereocenters. The quantitative estimate of drug-likeness (QED) is 0.616. The van der Waals surface area contributed by atoms with Crippen LogP contribution in [-0.4, -0.2) is 58.0 Å². The standard InChI is InChI=1S/C24H31N3O4S/c1-5-10-27(32(29,30)24-19(3)15-18(2)16-20(24)4)17-23(28)25-21-6-8-22(9-7-21)26-11-13-31-14-12-26/h5-9,15-16H,1,10-14,17H2,2-4H3,(H,25,28). The molecule has 1 saturated heterocycles. The highest BCUT2D eigenvalue weighted by atomic mass is 32.2. The van der Waals surface area contributed by atoms with Gasteiger partial charge in [0.2, 0.25) is 15.9 Å². The Morgan fingerprint density at radius 3 is 2.28 bits per heavy atom. The van der Waals surface area contributed by atoms with Gasteiger partial charge in [-0.3, -0.25) is 4.79 Å². The van der Waals surface area contributed by atoms with E-state index < -0.39 is 15.9 Å². The molecule has 7 nitrogen and oxygen atoms in total. The molecule has 2 aromatic rings. The van der Waals surface area contributed by atoms with Crippen LogP contribution in [0.1, 0.15) is 16.7 Å². The van der Waals surface area contributed by atoms with Gasteiger partial charge in [-0.05, 0) is 56.2 Å². The summed E-state index contributed by atoms with van der Waals surface area (Å²) in [5, 5.41) is 2.80. The molecule has 0 bridgehead atoms. The van der Waals surface area contributed by atoms with Crippen molar-refractivity contribution >= 4 is 27.3 Å². The number of nitrogens with zero attached hydrogens (tertiary/aromatic N) is 2. The second-order valence-electron chi connectivity index (χ2n) is 8.01. The number of hydrogen-bond donors (Lipinski definition) is 1. The first-order valence-corrected chi connectivity index (χ1v) is 12.1. The van der Waals surface area contributed by atoms with Gasteiger partial charge in [0.05, 0.1) is 24.7 Å². The molecule has 1 heterocycles. The van der Waals surface area contributed by atoms with Gasteiger partial charge in [-0.15, -0.1) is 6.58 Å². The lowest BCUT2D eigenvalue weighted by Gasteiger charge is -2.29. The molecule has 1 aliphatic heterocycles. The van der Waals surface area contributed by atoms with Gasteiger partial charge in [-0.25, -0.2) is 8.42 Å². The van der Waals surface area contributed by atoms with Gasteiger partial charge in [0.15, 0.2) is 0 Å². The molecular weight excluding hydrogens is 426 g/mol. The molecule has 1 fully saturated rings. The van der Waals surface area contributed by atoms with Crippen molar-refractivity contribution in [3.8, 4) is 0 Å². The Labute approximate surface area is 190 Å². The fourth-order valence-electron chi connectivity index (χ4n) is 4.03. The van der Waals surface area contributed by atoms with Crippen molar-refractivity contribution in [3.05, 3.63) is 65.7 Å². The molecule has 1 N–H and O–H groups in total. The van der Waals surface area contributed by atoms with Crippen molar-refractivity contribution in [2.24, 2.45) is 0 Å². The van der Waals surface area contributed by atoms with Crippen LogP contribution >= 0.6 is 0 Å². The third-order valence-electron chi connectivity index (χ3n) is 5.38. The maximum absolute atomic E-state index is 13.4. The molecule has 172 valence electrons. The predicted molar refractivity (Wildman–Crippen MR) is 128 cm³/mol. The van der Waals surface area contributed by atoms with Gasteiger partial charge < -0.3 is 15.0 Å². The summed E-state index contributed by atoms with van der Waals surface area (Å²) in [6.45, 7) is 11.9. The van der Waals surface area contributed by atoms with Crippen LogP contribution in [0.15, 0.2) is 53.9 Å². The minimum atomic E-state index is -3.87. The monoisotopic (exact) mass is 457 g/mol. The molecule has 2 aromatic carbocycles. The summed E-state index contributed by atoms with van der Waals surface area (Å²) in [7, 11) is -3.87. The van der Waals surface area contributed by atoms with Crippen LogP contribution in [0.4, 0.5) is 11.4 Å². The zero-order chi connectivity index (χ0) is 23.3. The van der Waals surface area contributed by atoms with E-state index in [0.29, 0.717) is 30.0 Å². The Morgan fingerprint density at radius 2 is 1.72 bits per heavy atom. The van der Waals surface area contributed by atoms with E-state index in [9.17, 15) is 13.2 Å². The second-order valence-corrected chi connectivity index (χ2v) is 9.88. The summed E-state index contributed by atoms with van der Waals surface area (Å²) in [6, 6.07) is 11.2. The zero-order valence-corrected chi connectivity index (χ0v) is 19.7. The largest absolute Gasteiger partial charge is 0.378 e. The van der Waals surface area contributed by atoms with Crippen LogP contribution in [0.5, 0.6) is 0 Å². The van der Waals surface area contributed by atoms with Crippen LogP contribution in [0.3, 0.4) is 0 Å². The van der Waals surface area contributed by atoms with Crippen LogP contribution in [-0.2, 0) is 19.6 Å². The van der Waals surface area contributed by atoms with Crippen LogP contribution in [0.25, 0.3) is 0 Å². The summed E-state index contributed by atoms with van der Waals surface area (Å²) in [5.41, 5.74) is 4.00. The average molecular weight is 458 g/mol. The first-order valence-electron chi connectivity index (χ1n) is 10.6. The Bertz CT molecular complexity index is 1050. The average Bonchev–Trinajstić information content (AvgIpc) is 2.73. The van der Waals surface area contributed by atoms with E-state index in [1.54, 1.807) is 13.8 Å². The summed E-state index contributed by atoms with van der Waals surface area (Å²) in [5.74, 6) is -0.406. The number of nitrogens with one attached hydrogen (secondary N) is 1.